The molecule has 1 amide bonds. The minimum absolute atomic E-state index is 0.0189. The van der Waals surface area contributed by atoms with E-state index in [0.717, 1.165) is 10.0 Å². The van der Waals surface area contributed by atoms with Gasteiger partial charge in [-0.3, -0.25) is 19.8 Å². The van der Waals surface area contributed by atoms with Crippen molar-refractivity contribution in [3.63, 3.8) is 0 Å². The van der Waals surface area contributed by atoms with Crippen LogP contribution in [-0.2, 0) is 4.79 Å². The average Bonchev–Trinajstić information content (AvgIpc) is 2.69. The Bertz CT molecular complexity index is 836. The van der Waals surface area contributed by atoms with Gasteiger partial charge in [-0.15, -0.1) is 0 Å². The molecule has 1 atom stereocenters. The molecule has 1 saturated heterocycles. The number of halogens is 1. The zero-order valence-corrected chi connectivity index (χ0v) is 17.3. The van der Waals surface area contributed by atoms with Gasteiger partial charge >= 0.3 is 0 Å². The number of para-hydroxylation sites is 2. The first kappa shape index (κ1) is 20.3. The van der Waals surface area contributed by atoms with Crippen LogP contribution in [0.3, 0.4) is 0 Å². The number of hydrogen-bond donors (Lipinski definition) is 1. The third-order valence-corrected chi connectivity index (χ3v) is 5.43. The quantitative estimate of drug-likeness (QED) is 0.543. The molecule has 7 nitrogen and oxygen atoms in total. The average molecular weight is 447 g/mol. The number of benzene rings is 2. The lowest BCUT2D eigenvalue weighted by atomic mass is 10.1. The number of carbonyl (C=O) groups excluding carboxylic acids is 1. The Balaban J connectivity index is 1.51. The molecule has 0 spiro atoms. The van der Waals surface area contributed by atoms with Crippen molar-refractivity contribution in [3.8, 4) is 0 Å². The lowest BCUT2D eigenvalue weighted by Crippen LogP contribution is -2.49. The summed E-state index contributed by atoms with van der Waals surface area (Å²) in [6.45, 7) is 4.97. The molecule has 1 fully saturated rings. The van der Waals surface area contributed by atoms with Crippen LogP contribution in [0.1, 0.15) is 18.5 Å². The van der Waals surface area contributed by atoms with Crippen molar-refractivity contribution >= 4 is 33.2 Å². The predicted octanol–water partition coefficient (Wildman–Crippen LogP) is 3.36. The normalized spacial score (nSPS) is 15.9. The van der Waals surface area contributed by atoms with Crippen LogP contribution < -0.4 is 10.2 Å². The largest absolute Gasteiger partial charge is 0.363 e. The highest BCUT2D eigenvalue weighted by Gasteiger charge is 2.24. The van der Waals surface area contributed by atoms with Gasteiger partial charge in [-0.2, -0.15) is 0 Å². The Morgan fingerprint density at radius 1 is 1.14 bits per heavy atom. The molecule has 148 valence electrons. The summed E-state index contributed by atoms with van der Waals surface area (Å²) < 4.78 is 1.01. The first-order valence-electron chi connectivity index (χ1n) is 9.19. The lowest BCUT2D eigenvalue weighted by Gasteiger charge is -2.35. The van der Waals surface area contributed by atoms with Crippen LogP contribution in [0.15, 0.2) is 53.0 Å². The van der Waals surface area contributed by atoms with E-state index in [1.54, 1.807) is 12.1 Å². The summed E-state index contributed by atoms with van der Waals surface area (Å²) in [7, 11) is 0. The SMILES string of the molecule is CC(NC(=O)CN1CCN(c2ccccc2[N+](=O)[O-])CC1)c1ccc(Br)cc1. The molecular formula is C20H23BrN4O3. The highest BCUT2D eigenvalue weighted by atomic mass is 79.9. The monoisotopic (exact) mass is 446 g/mol. The Morgan fingerprint density at radius 3 is 2.43 bits per heavy atom. The van der Waals surface area contributed by atoms with Crippen molar-refractivity contribution in [2.24, 2.45) is 0 Å². The van der Waals surface area contributed by atoms with E-state index in [0.29, 0.717) is 38.4 Å². The van der Waals surface area contributed by atoms with Gasteiger partial charge in [0, 0.05) is 36.7 Å². The van der Waals surface area contributed by atoms with Gasteiger partial charge in [0.05, 0.1) is 17.5 Å². The number of amides is 1. The molecule has 2 aromatic carbocycles. The van der Waals surface area contributed by atoms with Crippen molar-refractivity contribution in [2.75, 3.05) is 37.6 Å². The highest BCUT2D eigenvalue weighted by molar-refractivity contribution is 9.10. The topological polar surface area (TPSA) is 78.7 Å². The summed E-state index contributed by atoms with van der Waals surface area (Å²) in [6, 6.07) is 14.6. The maximum absolute atomic E-state index is 12.4. The Hall–Kier alpha value is -2.45. The second-order valence-electron chi connectivity index (χ2n) is 6.85. The molecule has 1 N–H and O–H groups in total. The Morgan fingerprint density at radius 2 is 1.79 bits per heavy atom. The zero-order chi connectivity index (χ0) is 20.1. The van der Waals surface area contributed by atoms with E-state index in [9.17, 15) is 14.9 Å². The molecule has 0 saturated carbocycles. The van der Waals surface area contributed by atoms with Gasteiger partial charge in [-0.25, -0.2) is 0 Å². The molecule has 2 aromatic rings. The summed E-state index contributed by atoms with van der Waals surface area (Å²) in [6.07, 6.45) is 0. The van der Waals surface area contributed by atoms with Crippen LogP contribution in [0.5, 0.6) is 0 Å². The van der Waals surface area contributed by atoms with E-state index in [4.69, 9.17) is 0 Å². The van der Waals surface area contributed by atoms with Crippen molar-refractivity contribution in [1.29, 1.82) is 0 Å². The molecule has 3 rings (SSSR count). The first-order chi connectivity index (χ1) is 13.4. The van der Waals surface area contributed by atoms with E-state index in [1.807, 2.05) is 42.2 Å². The molecule has 0 radical (unpaired) electrons. The molecule has 0 aliphatic carbocycles. The van der Waals surface area contributed by atoms with Crippen LogP contribution in [0.4, 0.5) is 11.4 Å². The number of carbonyl (C=O) groups is 1. The van der Waals surface area contributed by atoms with Crippen LogP contribution in [0.25, 0.3) is 0 Å². The van der Waals surface area contributed by atoms with Crippen LogP contribution in [0, 0.1) is 10.1 Å². The number of piperazine rings is 1. The number of rotatable bonds is 6. The van der Waals surface area contributed by atoms with Crippen molar-refractivity contribution in [1.82, 2.24) is 10.2 Å². The van der Waals surface area contributed by atoms with E-state index in [-0.39, 0.29) is 22.6 Å². The predicted molar refractivity (Wildman–Crippen MR) is 112 cm³/mol. The number of nitro groups is 1. The smallest absolute Gasteiger partial charge is 0.292 e. The first-order valence-corrected chi connectivity index (χ1v) is 9.99. The fraction of sp³-hybridized carbons (Fsp3) is 0.350. The van der Waals surface area contributed by atoms with Gasteiger partial charge in [-0.05, 0) is 30.7 Å². The van der Waals surface area contributed by atoms with Gasteiger partial charge < -0.3 is 10.2 Å². The molecule has 28 heavy (non-hydrogen) atoms. The van der Waals surface area contributed by atoms with E-state index in [1.165, 1.54) is 6.07 Å². The van der Waals surface area contributed by atoms with Gasteiger partial charge in [0.25, 0.3) is 5.69 Å². The van der Waals surface area contributed by atoms with E-state index in [2.05, 4.69) is 26.1 Å². The molecule has 8 heteroatoms. The molecule has 0 aromatic heterocycles. The number of anilines is 1. The number of nitro benzene ring substituents is 1. The minimum Gasteiger partial charge on any atom is -0.363 e. The maximum Gasteiger partial charge on any atom is 0.292 e. The highest BCUT2D eigenvalue weighted by Crippen LogP contribution is 2.28. The molecule has 1 heterocycles. The molecule has 1 unspecified atom stereocenters. The van der Waals surface area contributed by atoms with Crippen LogP contribution in [-0.4, -0.2) is 48.5 Å². The summed E-state index contributed by atoms with van der Waals surface area (Å²) in [5, 5.41) is 14.3. The van der Waals surface area contributed by atoms with Crippen molar-refractivity contribution < 1.29 is 9.72 Å². The Labute approximate surface area is 172 Å². The van der Waals surface area contributed by atoms with Crippen molar-refractivity contribution in [2.45, 2.75) is 13.0 Å². The third-order valence-electron chi connectivity index (χ3n) is 4.91. The second-order valence-corrected chi connectivity index (χ2v) is 7.77. The fourth-order valence-electron chi connectivity index (χ4n) is 3.36. The van der Waals surface area contributed by atoms with Crippen LogP contribution >= 0.6 is 15.9 Å². The molecule has 1 aliphatic heterocycles. The molecular weight excluding hydrogens is 424 g/mol. The molecule has 1 aliphatic rings. The number of hydrogen-bond acceptors (Lipinski definition) is 5. The van der Waals surface area contributed by atoms with Crippen molar-refractivity contribution in [3.05, 3.63) is 68.7 Å². The Kier molecular flexibility index (Phi) is 6.64. The number of nitrogens with zero attached hydrogens (tertiary/aromatic N) is 3. The van der Waals surface area contributed by atoms with Gasteiger partial charge in [0.1, 0.15) is 5.69 Å². The van der Waals surface area contributed by atoms with E-state index >= 15 is 0 Å². The standard InChI is InChI=1S/C20H23BrN4O3/c1-15(16-6-8-17(21)9-7-16)22-20(26)14-23-10-12-24(13-11-23)18-4-2-3-5-19(18)25(27)28/h2-9,15H,10-14H2,1H3,(H,22,26). The van der Waals surface area contributed by atoms with Gasteiger partial charge in [-0.1, -0.05) is 40.2 Å². The van der Waals surface area contributed by atoms with Gasteiger partial charge in [0.2, 0.25) is 5.91 Å². The summed E-state index contributed by atoms with van der Waals surface area (Å²) in [4.78, 5) is 27.4. The van der Waals surface area contributed by atoms with E-state index < -0.39 is 0 Å². The third kappa shape index (κ3) is 5.08. The lowest BCUT2D eigenvalue weighted by molar-refractivity contribution is -0.384. The molecule has 0 bridgehead atoms. The summed E-state index contributed by atoms with van der Waals surface area (Å²) in [5.74, 6) is -0.0189. The number of nitrogens with one attached hydrogen (secondary N) is 1. The van der Waals surface area contributed by atoms with Gasteiger partial charge in [0.15, 0.2) is 0 Å². The summed E-state index contributed by atoms with van der Waals surface area (Å²) in [5.41, 5.74) is 1.82. The fourth-order valence-corrected chi connectivity index (χ4v) is 3.62. The zero-order valence-electron chi connectivity index (χ0n) is 15.7. The second kappa shape index (κ2) is 9.16. The van der Waals surface area contributed by atoms with Crippen LogP contribution in [0.2, 0.25) is 0 Å². The minimum atomic E-state index is -0.349. The maximum atomic E-state index is 12.4. The summed E-state index contributed by atoms with van der Waals surface area (Å²) >= 11 is 3.41.